The Kier molecular flexibility index (Phi) is 11.2. The Hall–Kier alpha value is -4.15. The van der Waals surface area contributed by atoms with Crippen molar-refractivity contribution < 1.29 is 22.7 Å². The van der Waals surface area contributed by atoms with Crippen molar-refractivity contribution in [3.8, 4) is 5.75 Å². The molecule has 1 N–H and O–H groups in total. The molecule has 0 aromatic heterocycles. The number of nitrogens with one attached hydrogen (secondary N) is 1. The minimum absolute atomic E-state index is 0.0274. The minimum atomic E-state index is -4.19. The Morgan fingerprint density at radius 3 is 2.09 bits per heavy atom. The number of amides is 2. The molecule has 0 bridgehead atoms. The third-order valence-corrected chi connectivity index (χ3v) is 9.42. The number of halogens is 1. The molecule has 0 heterocycles. The average molecular weight is 679 g/mol. The summed E-state index contributed by atoms with van der Waals surface area (Å²) >= 11 is 3.35. The van der Waals surface area contributed by atoms with E-state index in [0.29, 0.717) is 18.0 Å². The molecule has 1 atom stereocenters. The highest BCUT2D eigenvalue weighted by Crippen LogP contribution is 2.28. The highest BCUT2D eigenvalue weighted by atomic mass is 79.9. The molecule has 0 saturated heterocycles. The van der Waals surface area contributed by atoms with E-state index < -0.39 is 28.5 Å². The molecule has 0 saturated carbocycles. The smallest absolute Gasteiger partial charge is 0.264 e. The van der Waals surface area contributed by atoms with Gasteiger partial charge in [0.05, 0.1) is 17.2 Å². The molecule has 4 aromatic carbocycles. The number of hydrogen-bond donors (Lipinski definition) is 1. The van der Waals surface area contributed by atoms with Crippen molar-refractivity contribution >= 4 is 43.5 Å². The van der Waals surface area contributed by atoms with Crippen LogP contribution in [0.25, 0.3) is 0 Å². The van der Waals surface area contributed by atoms with Gasteiger partial charge in [0.2, 0.25) is 11.8 Å². The van der Waals surface area contributed by atoms with Crippen molar-refractivity contribution in [1.82, 2.24) is 10.2 Å². The maximum Gasteiger partial charge on any atom is 0.264 e. The number of carbonyl (C=O) groups excluding carboxylic acids is 2. The zero-order chi connectivity index (χ0) is 31.7. The normalized spacial score (nSPS) is 11.8. The number of ether oxygens (including phenoxy) is 1. The van der Waals surface area contributed by atoms with Gasteiger partial charge in [-0.15, -0.1) is 0 Å². The largest absolute Gasteiger partial charge is 0.494 e. The number of nitrogens with zero attached hydrogens (tertiary/aromatic N) is 2. The summed E-state index contributed by atoms with van der Waals surface area (Å²) in [6, 6.07) is 29.0. The van der Waals surface area contributed by atoms with Crippen LogP contribution in [0, 0.1) is 6.92 Å². The van der Waals surface area contributed by atoms with Crippen molar-refractivity contribution in [2.24, 2.45) is 0 Å². The summed E-state index contributed by atoms with van der Waals surface area (Å²) in [4.78, 5) is 29.2. The predicted octanol–water partition coefficient (Wildman–Crippen LogP) is 5.74. The van der Waals surface area contributed by atoms with Crippen LogP contribution < -0.4 is 14.4 Å². The van der Waals surface area contributed by atoms with Crippen LogP contribution in [0.1, 0.15) is 23.6 Å². The first kappa shape index (κ1) is 32.8. The average Bonchev–Trinajstić information content (AvgIpc) is 3.03. The molecular weight excluding hydrogens is 642 g/mol. The standard InChI is InChI=1S/C34H36BrN3O5S/c1-4-43-30-18-16-29(17-19-30)38(44(41,42)31-20-14-28(35)15-21-31)24-33(39)37(23-27-12-10-25(2)11-13-27)32(34(40)36-3)22-26-8-6-5-7-9-26/h5-21,32H,4,22-24H2,1-3H3,(H,36,40). The third kappa shape index (κ3) is 8.27. The van der Waals surface area contributed by atoms with Crippen LogP contribution in [-0.2, 0) is 32.6 Å². The molecule has 8 nitrogen and oxygen atoms in total. The Balaban J connectivity index is 1.78. The molecule has 0 radical (unpaired) electrons. The molecule has 1 unspecified atom stereocenters. The lowest BCUT2D eigenvalue weighted by molar-refractivity contribution is -0.139. The van der Waals surface area contributed by atoms with Crippen LogP contribution in [0.15, 0.2) is 112 Å². The first-order valence-electron chi connectivity index (χ1n) is 14.2. The quantitative estimate of drug-likeness (QED) is 0.195. The number of rotatable bonds is 13. The van der Waals surface area contributed by atoms with Gasteiger partial charge in [0, 0.05) is 24.5 Å². The second kappa shape index (κ2) is 15.0. The van der Waals surface area contributed by atoms with E-state index in [-0.39, 0.29) is 23.8 Å². The second-order valence-corrected chi connectivity index (χ2v) is 13.0. The second-order valence-electron chi connectivity index (χ2n) is 10.2. The van der Waals surface area contributed by atoms with Gasteiger partial charge in [-0.25, -0.2) is 8.42 Å². The van der Waals surface area contributed by atoms with E-state index in [0.717, 1.165) is 25.5 Å². The van der Waals surface area contributed by atoms with Gasteiger partial charge in [-0.05, 0) is 73.5 Å². The highest BCUT2D eigenvalue weighted by molar-refractivity contribution is 9.10. The first-order chi connectivity index (χ1) is 21.1. The van der Waals surface area contributed by atoms with Crippen molar-refractivity contribution in [2.75, 3.05) is 24.5 Å². The summed E-state index contributed by atoms with van der Waals surface area (Å²) in [5.74, 6) is -0.297. The maximum atomic E-state index is 14.4. The van der Waals surface area contributed by atoms with E-state index in [4.69, 9.17) is 4.74 Å². The predicted molar refractivity (Wildman–Crippen MR) is 176 cm³/mol. The summed E-state index contributed by atoms with van der Waals surface area (Å²) in [5, 5.41) is 2.70. The molecule has 4 rings (SSSR count). The molecule has 4 aromatic rings. The number of likely N-dealkylation sites (N-methyl/N-ethyl adjacent to an activating group) is 1. The lowest BCUT2D eigenvalue weighted by Crippen LogP contribution is -2.53. The molecular formula is C34H36BrN3O5S. The minimum Gasteiger partial charge on any atom is -0.494 e. The number of aryl methyl sites for hydroxylation is 1. The zero-order valence-electron chi connectivity index (χ0n) is 24.9. The van der Waals surface area contributed by atoms with E-state index in [1.807, 2.05) is 68.4 Å². The Morgan fingerprint density at radius 1 is 0.864 bits per heavy atom. The van der Waals surface area contributed by atoms with E-state index in [1.165, 1.54) is 24.1 Å². The summed E-state index contributed by atoms with van der Waals surface area (Å²) in [6.45, 7) is 3.87. The van der Waals surface area contributed by atoms with Crippen LogP contribution in [-0.4, -0.2) is 51.4 Å². The van der Waals surface area contributed by atoms with Crippen molar-refractivity contribution in [3.63, 3.8) is 0 Å². The number of hydrogen-bond acceptors (Lipinski definition) is 5. The summed E-state index contributed by atoms with van der Waals surface area (Å²) < 4.78 is 35.5. The molecule has 0 aliphatic rings. The molecule has 44 heavy (non-hydrogen) atoms. The number of carbonyl (C=O) groups is 2. The lowest BCUT2D eigenvalue weighted by atomic mass is 10.0. The Labute approximate surface area is 267 Å². The van der Waals surface area contributed by atoms with Gasteiger partial charge >= 0.3 is 0 Å². The van der Waals surface area contributed by atoms with Crippen LogP contribution >= 0.6 is 15.9 Å². The molecule has 2 amide bonds. The SMILES string of the molecule is CCOc1ccc(N(CC(=O)N(Cc2ccc(C)cc2)C(Cc2ccccc2)C(=O)NC)S(=O)(=O)c2ccc(Br)cc2)cc1. The van der Waals surface area contributed by atoms with E-state index in [9.17, 15) is 18.0 Å². The van der Waals surface area contributed by atoms with Gasteiger partial charge in [0.1, 0.15) is 18.3 Å². The van der Waals surface area contributed by atoms with Crippen LogP contribution in [0.4, 0.5) is 5.69 Å². The molecule has 10 heteroatoms. The van der Waals surface area contributed by atoms with E-state index >= 15 is 0 Å². The van der Waals surface area contributed by atoms with Crippen molar-refractivity contribution in [1.29, 1.82) is 0 Å². The Bertz CT molecular complexity index is 1650. The maximum absolute atomic E-state index is 14.4. The van der Waals surface area contributed by atoms with Crippen LogP contribution in [0.3, 0.4) is 0 Å². The fourth-order valence-electron chi connectivity index (χ4n) is 4.75. The first-order valence-corrected chi connectivity index (χ1v) is 16.5. The number of benzene rings is 4. The van der Waals surface area contributed by atoms with Crippen LogP contribution in [0.5, 0.6) is 5.75 Å². The Morgan fingerprint density at radius 2 is 1.50 bits per heavy atom. The lowest BCUT2D eigenvalue weighted by Gasteiger charge is -2.33. The van der Waals surface area contributed by atoms with Gasteiger partial charge in [0.25, 0.3) is 10.0 Å². The molecule has 0 spiro atoms. The molecule has 0 aliphatic heterocycles. The molecule has 230 valence electrons. The molecule has 0 fully saturated rings. The fraction of sp³-hybridized carbons (Fsp3) is 0.235. The van der Waals surface area contributed by atoms with Gasteiger partial charge < -0.3 is 15.0 Å². The van der Waals surface area contributed by atoms with E-state index in [1.54, 1.807) is 36.4 Å². The highest BCUT2D eigenvalue weighted by Gasteiger charge is 2.34. The summed E-state index contributed by atoms with van der Waals surface area (Å²) in [6.07, 6.45) is 0.251. The fourth-order valence-corrected chi connectivity index (χ4v) is 6.43. The summed E-state index contributed by atoms with van der Waals surface area (Å²) in [5.41, 5.74) is 3.03. The molecule has 0 aliphatic carbocycles. The van der Waals surface area contributed by atoms with Crippen molar-refractivity contribution in [3.05, 3.63) is 124 Å². The van der Waals surface area contributed by atoms with Crippen molar-refractivity contribution in [2.45, 2.75) is 37.8 Å². The topological polar surface area (TPSA) is 96.0 Å². The third-order valence-electron chi connectivity index (χ3n) is 7.11. The number of sulfonamides is 1. The van der Waals surface area contributed by atoms with Crippen LogP contribution in [0.2, 0.25) is 0 Å². The summed E-state index contributed by atoms with van der Waals surface area (Å²) in [7, 11) is -2.66. The number of anilines is 1. The zero-order valence-corrected chi connectivity index (χ0v) is 27.3. The van der Waals surface area contributed by atoms with Gasteiger partial charge in [-0.2, -0.15) is 0 Å². The van der Waals surface area contributed by atoms with E-state index in [2.05, 4.69) is 21.2 Å². The van der Waals surface area contributed by atoms with Gasteiger partial charge in [-0.3, -0.25) is 13.9 Å². The van der Waals surface area contributed by atoms with Gasteiger partial charge in [0.15, 0.2) is 0 Å². The monoisotopic (exact) mass is 677 g/mol. The van der Waals surface area contributed by atoms with Gasteiger partial charge in [-0.1, -0.05) is 76.1 Å².